The highest BCUT2D eigenvalue weighted by molar-refractivity contribution is 5.25. The van der Waals surface area contributed by atoms with Crippen LogP contribution in [0.2, 0.25) is 0 Å². The van der Waals surface area contributed by atoms with Gasteiger partial charge in [0, 0.05) is 18.5 Å². The van der Waals surface area contributed by atoms with E-state index >= 15 is 0 Å². The van der Waals surface area contributed by atoms with Crippen LogP contribution in [0.15, 0.2) is 54.6 Å². The first-order valence-electron chi connectivity index (χ1n) is 8.02. The zero-order valence-electron chi connectivity index (χ0n) is 12.7. The van der Waals surface area contributed by atoms with E-state index in [1.807, 2.05) is 24.3 Å². The Morgan fingerprint density at radius 2 is 1.95 bits per heavy atom. The Labute approximate surface area is 131 Å². The Hall–Kier alpha value is -1.87. The molecular weight excluding hydrogens is 277 g/mol. The van der Waals surface area contributed by atoms with E-state index in [2.05, 4.69) is 17.4 Å². The van der Waals surface area contributed by atoms with Crippen molar-refractivity contribution in [2.24, 2.45) is 0 Å². The van der Waals surface area contributed by atoms with Crippen molar-refractivity contribution in [3.8, 4) is 5.75 Å². The van der Waals surface area contributed by atoms with Crippen molar-refractivity contribution in [3.05, 3.63) is 66.0 Å². The summed E-state index contributed by atoms with van der Waals surface area (Å²) in [5, 5.41) is 3.56. The zero-order valence-corrected chi connectivity index (χ0v) is 12.7. The van der Waals surface area contributed by atoms with Gasteiger partial charge in [0.15, 0.2) is 0 Å². The number of rotatable bonds is 5. The summed E-state index contributed by atoms with van der Waals surface area (Å²) in [4.78, 5) is 0. The van der Waals surface area contributed by atoms with Crippen LogP contribution in [0, 0.1) is 5.82 Å². The van der Waals surface area contributed by atoms with Gasteiger partial charge in [-0.1, -0.05) is 42.8 Å². The SMILES string of the molecule is Fc1cccc(OC(CC2CCCCN2)c2ccccc2)c1. The predicted octanol–water partition coefficient (Wildman–Crippen LogP) is 4.48. The summed E-state index contributed by atoms with van der Waals surface area (Å²) in [6.45, 7) is 1.08. The van der Waals surface area contributed by atoms with Gasteiger partial charge < -0.3 is 10.1 Å². The molecule has 2 nitrogen and oxygen atoms in total. The third kappa shape index (κ3) is 4.08. The number of piperidine rings is 1. The van der Waals surface area contributed by atoms with E-state index < -0.39 is 0 Å². The molecule has 2 aromatic carbocycles. The average molecular weight is 299 g/mol. The van der Waals surface area contributed by atoms with Crippen molar-refractivity contribution < 1.29 is 9.13 Å². The first-order chi connectivity index (χ1) is 10.8. The van der Waals surface area contributed by atoms with Gasteiger partial charge in [0.05, 0.1) is 0 Å². The maximum Gasteiger partial charge on any atom is 0.126 e. The fourth-order valence-corrected chi connectivity index (χ4v) is 3.01. The molecule has 1 fully saturated rings. The Kier molecular flexibility index (Phi) is 5.07. The lowest BCUT2D eigenvalue weighted by Crippen LogP contribution is -2.36. The van der Waals surface area contributed by atoms with Gasteiger partial charge in [0.1, 0.15) is 17.7 Å². The van der Waals surface area contributed by atoms with Crippen LogP contribution in [0.4, 0.5) is 4.39 Å². The smallest absolute Gasteiger partial charge is 0.126 e. The highest BCUT2D eigenvalue weighted by Crippen LogP contribution is 2.28. The fourth-order valence-electron chi connectivity index (χ4n) is 3.01. The quantitative estimate of drug-likeness (QED) is 0.879. The first-order valence-corrected chi connectivity index (χ1v) is 8.02. The Morgan fingerprint density at radius 1 is 1.09 bits per heavy atom. The highest BCUT2D eigenvalue weighted by Gasteiger charge is 2.21. The van der Waals surface area contributed by atoms with Crippen LogP contribution in [0.25, 0.3) is 0 Å². The van der Waals surface area contributed by atoms with Crippen LogP contribution in [-0.4, -0.2) is 12.6 Å². The Bertz CT molecular complexity index is 581. The van der Waals surface area contributed by atoms with E-state index in [4.69, 9.17) is 4.74 Å². The fraction of sp³-hybridized carbons (Fsp3) is 0.368. The number of halogens is 1. The third-order valence-corrected chi connectivity index (χ3v) is 4.16. The van der Waals surface area contributed by atoms with Gasteiger partial charge in [-0.15, -0.1) is 0 Å². The average Bonchev–Trinajstić information content (AvgIpc) is 2.56. The first kappa shape index (κ1) is 15.0. The molecule has 3 rings (SSSR count). The normalized spacial score (nSPS) is 19.6. The number of hydrogen-bond donors (Lipinski definition) is 1. The van der Waals surface area contributed by atoms with Crippen LogP contribution in [0.3, 0.4) is 0 Å². The summed E-state index contributed by atoms with van der Waals surface area (Å²) in [7, 11) is 0. The molecule has 0 bridgehead atoms. The number of hydrogen-bond acceptors (Lipinski definition) is 2. The van der Waals surface area contributed by atoms with Gasteiger partial charge in [0.2, 0.25) is 0 Å². The van der Waals surface area contributed by atoms with Crippen LogP contribution in [0.1, 0.15) is 37.4 Å². The molecule has 0 aromatic heterocycles. The topological polar surface area (TPSA) is 21.3 Å². The molecule has 3 heteroatoms. The van der Waals surface area contributed by atoms with Gasteiger partial charge in [-0.3, -0.25) is 0 Å². The zero-order chi connectivity index (χ0) is 15.2. The van der Waals surface area contributed by atoms with E-state index in [9.17, 15) is 4.39 Å². The molecule has 0 saturated carbocycles. The number of nitrogens with one attached hydrogen (secondary N) is 1. The van der Waals surface area contributed by atoms with Crippen molar-refractivity contribution in [1.29, 1.82) is 0 Å². The van der Waals surface area contributed by atoms with Crippen molar-refractivity contribution in [1.82, 2.24) is 5.32 Å². The van der Waals surface area contributed by atoms with Gasteiger partial charge >= 0.3 is 0 Å². The highest BCUT2D eigenvalue weighted by atomic mass is 19.1. The molecule has 2 aromatic rings. The molecule has 1 saturated heterocycles. The van der Waals surface area contributed by atoms with E-state index in [0.29, 0.717) is 11.8 Å². The molecule has 0 spiro atoms. The standard InChI is InChI=1S/C19H22FNO/c20-16-9-6-11-18(13-16)22-19(15-7-2-1-3-8-15)14-17-10-4-5-12-21-17/h1-3,6-9,11,13,17,19,21H,4-5,10,12,14H2. The molecular formula is C19H22FNO. The van der Waals surface area contributed by atoms with E-state index in [-0.39, 0.29) is 11.9 Å². The molecule has 0 aliphatic carbocycles. The molecule has 1 heterocycles. The Balaban J connectivity index is 1.76. The van der Waals surface area contributed by atoms with Gasteiger partial charge in [-0.05, 0) is 37.1 Å². The predicted molar refractivity (Wildman–Crippen MR) is 86.5 cm³/mol. The maximum atomic E-state index is 13.4. The third-order valence-electron chi connectivity index (χ3n) is 4.16. The second-order valence-corrected chi connectivity index (χ2v) is 5.86. The molecule has 0 radical (unpaired) electrons. The summed E-state index contributed by atoms with van der Waals surface area (Å²) in [5.41, 5.74) is 1.14. The molecule has 2 unspecified atom stereocenters. The minimum absolute atomic E-state index is 0.0569. The lowest BCUT2D eigenvalue weighted by atomic mass is 9.96. The molecule has 1 aliphatic heterocycles. The second kappa shape index (κ2) is 7.41. The van der Waals surface area contributed by atoms with Gasteiger partial charge in [0.25, 0.3) is 0 Å². The summed E-state index contributed by atoms with van der Waals surface area (Å²) >= 11 is 0. The van der Waals surface area contributed by atoms with Crippen molar-refractivity contribution in [2.45, 2.75) is 37.8 Å². The number of benzene rings is 2. The van der Waals surface area contributed by atoms with Gasteiger partial charge in [-0.25, -0.2) is 4.39 Å². The van der Waals surface area contributed by atoms with E-state index in [0.717, 1.165) is 18.5 Å². The molecule has 22 heavy (non-hydrogen) atoms. The monoisotopic (exact) mass is 299 g/mol. The maximum absolute atomic E-state index is 13.4. The summed E-state index contributed by atoms with van der Waals surface area (Å²) < 4.78 is 19.5. The largest absolute Gasteiger partial charge is 0.486 e. The van der Waals surface area contributed by atoms with Crippen LogP contribution >= 0.6 is 0 Å². The molecule has 116 valence electrons. The van der Waals surface area contributed by atoms with Crippen LogP contribution < -0.4 is 10.1 Å². The van der Waals surface area contributed by atoms with Crippen molar-refractivity contribution in [3.63, 3.8) is 0 Å². The van der Waals surface area contributed by atoms with Crippen LogP contribution in [0.5, 0.6) is 5.75 Å². The molecule has 1 aliphatic rings. The lowest BCUT2D eigenvalue weighted by molar-refractivity contribution is 0.168. The van der Waals surface area contributed by atoms with Gasteiger partial charge in [-0.2, -0.15) is 0 Å². The van der Waals surface area contributed by atoms with Crippen molar-refractivity contribution in [2.75, 3.05) is 6.54 Å². The molecule has 0 amide bonds. The minimum atomic E-state index is -0.264. The van der Waals surface area contributed by atoms with E-state index in [1.54, 1.807) is 6.07 Å². The summed E-state index contributed by atoms with van der Waals surface area (Å²) in [6, 6.07) is 17.0. The Morgan fingerprint density at radius 3 is 2.68 bits per heavy atom. The minimum Gasteiger partial charge on any atom is -0.486 e. The second-order valence-electron chi connectivity index (χ2n) is 5.86. The van der Waals surface area contributed by atoms with Crippen molar-refractivity contribution >= 4 is 0 Å². The van der Waals surface area contributed by atoms with Crippen LogP contribution in [-0.2, 0) is 0 Å². The van der Waals surface area contributed by atoms with E-state index in [1.165, 1.54) is 31.4 Å². The lowest BCUT2D eigenvalue weighted by Gasteiger charge is -2.28. The summed E-state index contributed by atoms with van der Waals surface area (Å²) in [6.07, 6.45) is 4.53. The number of ether oxygens (including phenoxy) is 1. The molecule has 1 N–H and O–H groups in total. The molecule has 2 atom stereocenters. The summed E-state index contributed by atoms with van der Waals surface area (Å²) in [5.74, 6) is 0.324.